The van der Waals surface area contributed by atoms with Crippen molar-refractivity contribution in [2.45, 2.75) is 24.7 Å². The summed E-state index contributed by atoms with van der Waals surface area (Å²) in [5, 5.41) is 5.63. The number of amides is 1. The van der Waals surface area contributed by atoms with E-state index >= 15 is 0 Å². The van der Waals surface area contributed by atoms with Crippen molar-refractivity contribution in [1.29, 1.82) is 0 Å². The van der Waals surface area contributed by atoms with Gasteiger partial charge in [-0.15, -0.1) is 11.3 Å². The smallest absolute Gasteiger partial charge is 0.234 e. The molecule has 1 atom stereocenters. The standard InChI is InChI=1S/C8H11BrN2OS/c1-2-6(9)8(12)11-5-7-10-3-4-13-7/h3-4,6H,2,5H2,1H3,(H,11,12). The fraction of sp³-hybridized carbons (Fsp3) is 0.500. The van der Waals surface area contributed by atoms with Crippen LogP contribution < -0.4 is 5.32 Å². The fourth-order valence-corrected chi connectivity index (χ4v) is 1.52. The fourth-order valence-electron chi connectivity index (χ4n) is 0.799. The molecule has 1 rings (SSSR count). The van der Waals surface area contributed by atoms with Crippen molar-refractivity contribution in [3.63, 3.8) is 0 Å². The van der Waals surface area contributed by atoms with Crippen LogP contribution in [0.1, 0.15) is 18.4 Å². The van der Waals surface area contributed by atoms with E-state index in [4.69, 9.17) is 0 Å². The Kier molecular flexibility index (Phi) is 4.38. The molecule has 0 aliphatic carbocycles. The van der Waals surface area contributed by atoms with Gasteiger partial charge in [0.1, 0.15) is 5.01 Å². The molecule has 1 unspecified atom stereocenters. The molecular weight excluding hydrogens is 252 g/mol. The largest absolute Gasteiger partial charge is 0.349 e. The molecular formula is C8H11BrN2OS. The van der Waals surface area contributed by atoms with Gasteiger partial charge in [-0.2, -0.15) is 0 Å². The molecule has 0 spiro atoms. The Labute approximate surface area is 89.7 Å². The first-order valence-corrected chi connectivity index (χ1v) is 5.83. The average molecular weight is 263 g/mol. The highest BCUT2D eigenvalue weighted by atomic mass is 79.9. The summed E-state index contributed by atoms with van der Waals surface area (Å²) in [6.07, 6.45) is 2.53. The number of hydrogen-bond acceptors (Lipinski definition) is 3. The van der Waals surface area contributed by atoms with Crippen LogP contribution in [0.2, 0.25) is 0 Å². The number of alkyl halides is 1. The van der Waals surface area contributed by atoms with Crippen LogP contribution in [0.4, 0.5) is 0 Å². The van der Waals surface area contributed by atoms with Gasteiger partial charge in [0.05, 0.1) is 11.4 Å². The third kappa shape index (κ3) is 3.44. The lowest BCUT2D eigenvalue weighted by atomic mass is 10.3. The third-order valence-electron chi connectivity index (χ3n) is 1.54. The highest BCUT2D eigenvalue weighted by Crippen LogP contribution is 2.06. The van der Waals surface area contributed by atoms with E-state index in [1.165, 1.54) is 0 Å². The summed E-state index contributed by atoms with van der Waals surface area (Å²) in [7, 11) is 0. The summed E-state index contributed by atoms with van der Waals surface area (Å²) < 4.78 is 0. The van der Waals surface area contributed by atoms with Gasteiger partial charge in [-0.1, -0.05) is 22.9 Å². The van der Waals surface area contributed by atoms with Crippen LogP contribution in [0.15, 0.2) is 11.6 Å². The molecule has 0 radical (unpaired) electrons. The number of thiazole rings is 1. The zero-order chi connectivity index (χ0) is 9.68. The van der Waals surface area contributed by atoms with Crippen molar-refractivity contribution in [1.82, 2.24) is 10.3 Å². The van der Waals surface area contributed by atoms with Crippen LogP contribution >= 0.6 is 27.3 Å². The number of rotatable bonds is 4. The molecule has 0 fully saturated rings. The predicted molar refractivity (Wildman–Crippen MR) is 57.0 cm³/mol. The number of carbonyl (C=O) groups is 1. The molecule has 1 amide bonds. The van der Waals surface area contributed by atoms with E-state index in [1.807, 2.05) is 12.3 Å². The number of halogens is 1. The van der Waals surface area contributed by atoms with Crippen molar-refractivity contribution >= 4 is 33.2 Å². The van der Waals surface area contributed by atoms with Crippen LogP contribution in [-0.4, -0.2) is 15.7 Å². The highest BCUT2D eigenvalue weighted by Gasteiger charge is 2.11. The first-order chi connectivity index (χ1) is 6.24. The van der Waals surface area contributed by atoms with Gasteiger partial charge in [-0.25, -0.2) is 4.98 Å². The van der Waals surface area contributed by atoms with E-state index in [2.05, 4.69) is 26.2 Å². The van der Waals surface area contributed by atoms with Crippen molar-refractivity contribution in [3.8, 4) is 0 Å². The average Bonchev–Trinajstić information content (AvgIpc) is 2.65. The molecule has 1 aromatic heterocycles. The molecule has 5 heteroatoms. The summed E-state index contributed by atoms with van der Waals surface area (Å²) in [6.45, 7) is 2.49. The number of nitrogens with one attached hydrogen (secondary N) is 1. The summed E-state index contributed by atoms with van der Waals surface area (Å²) in [6, 6.07) is 0. The summed E-state index contributed by atoms with van der Waals surface area (Å²) >= 11 is 4.82. The number of carbonyl (C=O) groups excluding carboxylic acids is 1. The number of nitrogens with zero attached hydrogens (tertiary/aromatic N) is 1. The van der Waals surface area contributed by atoms with E-state index in [-0.39, 0.29) is 10.7 Å². The Morgan fingerprint density at radius 3 is 3.15 bits per heavy atom. The van der Waals surface area contributed by atoms with Crippen LogP contribution in [0.25, 0.3) is 0 Å². The van der Waals surface area contributed by atoms with Gasteiger partial charge in [-0.3, -0.25) is 4.79 Å². The van der Waals surface area contributed by atoms with E-state index in [0.29, 0.717) is 6.54 Å². The molecule has 1 heterocycles. The first kappa shape index (κ1) is 10.7. The molecule has 3 nitrogen and oxygen atoms in total. The Morgan fingerprint density at radius 1 is 1.85 bits per heavy atom. The monoisotopic (exact) mass is 262 g/mol. The van der Waals surface area contributed by atoms with Crippen molar-refractivity contribution in [2.24, 2.45) is 0 Å². The SMILES string of the molecule is CCC(Br)C(=O)NCc1nccs1. The minimum absolute atomic E-state index is 0.0256. The molecule has 1 aromatic rings. The molecule has 72 valence electrons. The molecule has 13 heavy (non-hydrogen) atoms. The normalized spacial score (nSPS) is 12.5. The molecule has 0 saturated heterocycles. The molecule has 1 N–H and O–H groups in total. The lowest BCUT2D eigenvalue weighted by molar-refractivity contribution is -0.120. The molecule has 0 saturated carbocycles. The maximum atomic E-state index is 11.3. The Hall–Kier alpha value is -0.420. The second kappa shape index (κ2) is 5.34. The van der Waals surface area contributed by atoms with Gasteiger partial charge < -0.3 is 5.32 Å². The third-order valence-corrected chi connectivity index (χ3v) is 3.38. The summed E-state index contributed by atoms with van der Waals surface area (Å²) in [4.78, 5) is 15.3. The maximum absolute atomic E-state index is 11.3. The number of hydrogen-bond donors (Lipinski definition) is 1. The predicted octanol–water partition coefficient (Wildman–Crippen LogP) is 1.93. The van der Waals surface area contributed by atoms with Crippen molar-refractivity contribution in [3.05, 3.63) is 16.6 Å². The highest BCUT2D eigenvalue weighted by molar-refractivity contribution is 9.10. The minimum Gasteiger partial charge on any atom is -0.349 e. The topological polar surface area (TPSA) is 42.0 Å². The van der Waals surface area contributed by atoms with Crippen LogP contribution in [0, 0.1) is 0 Å². The lowest BCUT2D eigenvalue weighted by Crippen LogP contribution is -2.30. The van der Waals surface area contributed by atoms with Gasteiger partial charge in [0, 0.05) is 11.6 Å². The van der Waals surface area contributed by atoms with Crippen molar-refractivity contribution < 1.29 is 4.79 Å². The molecule has 0 aromatic carbocycles. The Morgan fingerprint density at radius 2 is 2.62 bits per heavy atom. The molecule has 0 bridgehead atoms. The minimum atomic E-state index is -0.0903. The van der Waals surface area contributed by atoms with E-state index in [0.717, 1.165) is 11.4 Å². The quantitative estimate of drug-likeness (QED) is 0.843. The van der Waals surface area contributed by atoms with Crippen molar-refractivity contribution in [2.75, 3.05) is 0 Å². The van der Waals surface area contributed by atoms with E-state index in [9.17, 15) is 4.79 Å². The molecule has 0 aliphatic rings. The van der Waals surface area contributed by atoms with Gasteiger partial charge in [0.25, 0.3) is 0 Å². The van der Waals surface area contributed by atoms with Crippen LogP contribution in [0.3, 0.4) is 0 Å². The van der Waals surface area contributed by atoms with Crippen LogP contribution in [-0.2, 0) is 11.3 Å². The van der Waals surface area contributed by atoms with E-state index in [1.54, 1.807) is 17.5 Å². The zero-order valence-electron chi connectivity index (χ0n) is 7.29. The number of aromatic nitrogens is 1. The summed E-state index contributed by atoms with van der Waals surface area (Å²) in [5.41, 5.74) is 0. The Bertz CT molecular complexity index is 263. The van der Waals surface area contributed by atoms with Gasteiger partial charge in [0.2, 0.25) is 5.91 Å². The second-order valence-electron chi connectivity index (χ2n) is 2.52. The zero-order valence-corrected chi connectivity index (χ0v) is 9.69. The molecule has 0 aliphatic heterocycles. The maximum Gasteiger partial charge on any atom is 0.234 e. The second-order valence-corrected chi connectivity index (χ2v) is 4.60. The van der Waals surface area contributed by atoms with Gasteiger partial charge in [-0.05, 0) is 6.42 Å². The van der Waals surface area contributed by atoms with Crippen LogP contribution in [0.5, 0.6) is 0 Å². The van der Waals surface area contributed by atoms with Gasteiger partial charge >= 0.3 is 0 Å². The first-order valence-electron chi connectivity index (χ1n) is 4.04. The lowest BCUT2D eigenvalue weighted by Gasteiger charge is -2.06. The summed E-state index contributed by atoms with van der Waals surface area (Å²) in [5.74, 6) is 0.0256. The van der Waals surface area contributed by atoms with E-state index < -0.39 is 0 Å². The Balaban J connectivity index is 2.31. The van der Waals surface area contributed by atoms with Gasteiger partial charge in [0.15, 0.2) is 0 Å².